The van der Waals surface area contributed by atoms with Gasteiger partial charge in [0, 0.05) is 24.0 Å². The van der Waals surface area contributed by atoms with Crippen LogP contribution < -0.4 is 15.6 Å². The van der Waals surface area contributed by atoms with Gasteiger partial charge in [0.2, 0.25) is 0 Å². The predicted octanol–water partition coefficient (Wildman–Crippen LogP) is 3.22. The summed E-state index contributed by atoms with van der Waals surface area (Å²) in [6, 6.07) is 2.17. The minimum absolute atomic E-state index is 0.0881. The number of hydrogen-bond donors (Lipinski definition) is 2. The Morgan fingerprint density at radius 1 is 1.31 bits per heavy atom. The first kappa shape index (κ1) is 25.2. The number of allylic oxidation sites excluding steroid dienone is 3. The normalized spacial score (nSPS) is 21.7. The van der Waals surface area contributed by atoms with Crippen LogP contribution >= 0.6 is 0 Å². The molecule has 3 aliphatic rings. The van der Waals surface area contributed by atoms with Gasteiger partial charge < -0.3 is 24.8 Å². The van der Waals surface area contributed by atoms with Crippen molar-refractivity contribution in [2.24, 2.45) is 5.92 Å². The molecule has 190 valence electrons. The van der Waals surface area contributed by atoms with Crippen molar-refractivity contribution >= 4 is 5.91 Å². The van der Waals surface area contributed by atoms with Gasteiger partial charge in [-0.05, 0) is 70.7 Å². The predicted molar refractivity (Wildman–Crippen MR) is 135 cm³/mol. The summed E-state index contributed by atoms with van der Waals surface area (Å²) in [4.78, 5) is 33.3. The maximum Gasteiger partial charge on any atom is 0.256 e. The van der Waals surface area contributed by atoms with E-state index in [1.165, 1.54) is 7.11 Å². The second-order valence-electron chi connectivity index (χ2n) is 9.79. The van der Waals surface area contributed by atoms with Crippen molar-refractivity contribution in [2.75, 3.05) is 33.4 Å². The molecule has 1 amide bonds. The third-order valence-electron chi connectivity index (χ3n) is 7.76. The number of aromatic nitrogens is 1. The monoisotopic (exact) mass is 484 g/mol. The Morgan fingerprint density at radius 3 is 2.74 bits per heavy atom. The van der Waals surface area contributed by atoms with Gasteiger partial charge in [0.05, 0.1) is 30.8 Å². The number of fused-ring (bicyclic) bond motifs is 1. The first-order chi connectivity index (χ1) is 16.8. The molecule has 0 saturated carbocycles. The number of methoxy groups -OCH3 is 1. The van der Waals surface area contributed by atoms with E-state index in [4.69, 9.17) is 4.74 Å². The molecular weight excluding hydrogens is 447 g/mol. The molecule has 2 unspecified atom stereocenters. The van der Waals surface area contributed by atoms with E-state index < -0.39 is 0 Å². The molecule has 35 heavy (non-hydrogen) atoms. The molecule has 0 radical (unpaired) electrons. The van der Waals surface area contributed by atoms with Gasteiger partial charge in [-0.25, -0.2) is 4.39 Å². The van der Waals surface area contributed by atoms with E-state index in [-0.39, 0.29) is 36.8 Å². The topological polar surface area (TPSA) is 77.7 Å². The van der Waals surface area contributed by atoms with Gasteiger partial charge in [-0.2, -0.15) is 0 Å². The Hall–Kier alpha value is -2.87. The molecule has 0 aromatic carbocycles. The number of aryl methyl sites for hydroxylation is 1. The largest absolute Gasteiger partial charge is 0.496 e. The first-order valence-electron chi connectivity index (χ1n) is 12.5. The number of amides is 1. The number of hydrogen-bond acceptors (Lipinski definition) is 5. The molecule has 1 aromatic heterocycles. The molecule has 8 heteroatoms. The lowest BCUT2D eigenvalue weighted by molar-refractivity contribution is -0.117. The number of alkyl halides is 1. The molecule has 2 aliphatic heterocycles. The number of ether oxygens (including phenoxy) is 1. The fourth-order valence-corrected chi connectivity index (χ4v) is 5.89. The van der Waals surface area contributed by atoms with E-state index in [9.17, 15) is 14.0 Å². The van der Waals surface area contributed by atoms with E-state index in [0.29, 0.717) is 35.0 Å². The Morgan fingerprint density at radius 2 is 2.06 bits per heavy atom. The van der Waals surface area contributed by atoms with Crippen molar-refractivity contribution in [1.29, 1.82) is 0 Å². The van der Waals surface area contributed by atoms with Crippen molar-refractivity contribution in [3.05, 3.63) is 62.7 Å². The highest BCUT2D eigenvalue weighted by Gasteiger charge is 2.41. The third-order valence-corrected chi connectivity index (χ3v) is 7.76. The van der Waals surface area contributed by atoms with Crippen molar-refractivity contribution in [2.45, 2.75) is 58.7 Å². The Balaban J connectivity index is 1.54. The van der Waals surface area contributed by atoms with Crippen molar-refractivity contribution in [3.63, 3.8) is 0 Å². The van der Waals surface area contributed by atoms with Crippen LogP contribution in [0.4, 0.5) is 4.39 Å². The summed E-state index contributed by atoms with van der Waals surface area (Å²) >= 11 is 0. The van der Waals surface area contributed by atoms with Crippen LogP contribution in [0.5, 0.6) is 5.75 Å². The summed E-state index contributed by atoms with van der Waals surface area (Å²) in [6.07, 6.45) is 9.14. The zero-order chi connectivity index (χ0) is 25.1. The number of H-pyrrole nitrogens is 1. The summed E-state index contributed by atoms with van der Waals surface area (Å²) in [5, 5.41) is 2.97. The van der Waals surface area contributed by atoms with E-state index in [1.807, 2.05) is 19.1 Å². The highest BCUT2D eigenvalue weighted by molar-refractivity contribution is 6.00. The Kier molecular flexibility index (Phi) is 7.79. The van der Waals surface area contributed by atoms with Gasteiger partial charge in [-0.1, -0.05) is 18.2 Å². The van der Waals surface area contributed by atoms with Crippen LogP contribution in [0.1, 0.15) is 44.4 Å². The molecule has 0 bridgehead atoms. The summed E-state index contributed by atoms with van der Waals surface area (Å²) < 4.78 is 18.1. The number of carbonyl (C=O) groups excluding carboxylic acids is 1. The number of pyridine rings is 1. The zero-order valence-electron chi connectivity index (χ0n) is 21.2. The van der Waals surface area contributed by atoms with Crippen LogP contribution in [0.25, 0.3) is 0 Å². The number of aromatic amines is 1. The smallest absolute Gasteiger partial charge is 0.256 e. The lowest BCUT2D eigenvalue weighted by Crippen LogP contribution is -2.46. The molecule has 1 fully saturated rings. The molecule has 1 aliphatic carbocycles. The Labute approximate surface area is 206 Å². The van der Waals surface area contributed by atoms with Gasteiger partial charge in [0.15, 0.2) is 0 Å². The first-order valence-corrected chi connectivity index (χ1v) is 12.5. The van der Waals surface area contributed by atoms with Gasteiger partial charge in [0.25, 0.3) is 11.5 Å². The number of carbonyl (C=O) groups is 1. The molecule has 2 atom stereocenters. The van der Waals surface area contributed by atoms with E-state index in [2.05, 4.69) is 33.1 Å². The van der Waals surface area contributed by atoms with Crippen LogP contribution in [0.3, 0.4) is 0 Å². The number of piperidine rings is 1. The van der Waals surface area contributed by atoms with Gasteiger partial charge in [-0.3, -0.25) is 9.59 Å². The molecule has 2 N–H and O–H groups in total. The van der Waals surface area contributed by atoms with Gasteiger partial charge in [-0.15, -0.1) is 0 Å². The lowest BCUT2D eigenvalue weighted by atomic mass is 9.87. The molecule has 4 rings (SSSR count). The average molecular weight is 485 g/mol. The summed E-state index contributed by atoms with van der Waals surface area (Å²) in [7, 11) is 1.52. The van der Waals surface area contributed by atoms with E-state index >= 15 is 0 Å². The van der Waals surface area contributed by atoms with Gasteiger partial charge >= 0.3 is 0 Å². The van der Waals surface area contributed by atoms with E-state index in [0.717, 1.165) is 43.6 Å². The maximum atomic E-state index is 13.5. The lowest BCUT2D eigenvalue weighted by Gasteiger charge is -2.42. The van der Waals surface area contributed by atoms with Crippen LogP contribution in [0, 0.1) is 12.8 Å². The molecule has 1 aromatic rings. The van der Waals surface area contributed by atoms with Crippen LogP contribution in [0.2, 0.25) is 0 Å². The SMILES string of the molecule is COc1cc(C)[nH]c(=O)c1CNC(=O)C1=C(C)N(C(C)C2CCN(CCF)CC2)C2CC=CC=C12. The summed E-state index contributed by atoms with van der Waals surface area (Å²) in [6.45, 7) is 8.23. The molecule has 3 heterocycles. The van der Waals surface area contributed by atoms with E-state index in [1.54, 1.807) is 13.0 Å². The highest BCUT2D eigenvalue weighted by atomic mass is 19.1. The number of nitrogens with one attached hydrogen (secondary N) is 2. The zero-order valence-corrected chi connectivity index (χ0v) is 21.2. The summed E-state index contributed by atoms with van der Waals surface area (Å²) in [5.41, 5.74) is 3.57. The quantitative estimate of drug-likeness (QED) is 0.593. The number of nitrogens with zero attached hydrogens (tertiary/aromatic N) is 2. The van der Waals surface area contributed by atoms with Crippen molar-refractivity contribution < 1.29 is 13.9 Å². The number of likely N-dealkylation sites (tertiary alicyclic amines) is 1. The molecule has 1 saturated heterocycles. The Bertz CT molecular complexity index is 1100. The summed E-state index contributed by atoms with van der Waals surface area (Å²) in [5.74, 6) is 0.782. The number of rotatable bonds is 8. The average Bonchev–Trinajstić information content (AvgIpc) is 3.14. The second-order valence-corrected chi connectivity index (χ2v) is 9.79. The van der Waals surface area contributed by atoms with Crippen LogP contribution in [-0.4, -0.2) is 66.2 Å². The molecule has 7 nitrogen and oxygen atoms in total. The fraction of sp³-hybridized carbons (Fsp3) is 0.556. The van der Waals surface area contributed by atoms with Gasteiger partial charge in [0.1, 0.15) is 12.4 Å². The molecule has 0 spiro atoms. The second kappa shape index (κ2) is 10.8. The van der Waals surface area contributed by atoms with Crippen molar-refractivity contribution in [3.8, 4) is 5.75 Å². The van der Waals surface area contributed by atoms with Crippen molar-refractivity contribution in [1.82, 2.24) is 20.1 Å². The standard InChI is InChI=1S/C27H37FN4O3/c1-17-15-24(35-4)22(26(33)30-17)16-29-27(34)25-19(3)32(23-8-6-5-7-21(23)25)18(2)20-9-12-31(13-10-20)14-11-28/h5-7,15,18,20,23H,8-14,16H2,1-4H3,(H,29,34)(H,30,33). The number of halogens is 1. The maximum absolute atomic E-state index is 13.5. The third kappa shape index (κ3) is 5.08. The highest BCUT2D eigenvalue weighted by Crippen LogP contribution is 2.41. The minimum atomic E-state index is -0.296. The fourth-order valence-electron chi connectivity index (χ4n) is 5.89. The minimum Gasteiger partial charge on any atom is -0.496 e. The van der Waals surface area contributed by atoms with Crippen LogP contribution in [-0.2, 0) is 11.3 Å². The molecular formula is C27H37FN4O3. The van der Waals surface area contributed by atoms with Crippen LogP contribution in [0.15, 0.2) is 45.9 Å².